The highest BCUT2D eigenvalue weighted by Crippen LogP contribution is 2.45. The zero-order chi connectivity index (χ0) is 71.8. The zero-order valence-electron chi connectivity index (χ0n) is 60.7. The maximum atomic E-state index is 13.0. The first-order chi connectivity index (χ1) is 47.7. The third-order valence-corrected chi connectivity index (χ3v) is 16.7. The van der Waals surface area contributed by atoms with Gasteiger partial charge in [0, 0.05) is 25.7 Å². The highest BCUT2D eigenvalue weighted by Gasteiger charge is 2.30. The third kappa shape index (κ3) is 69.4. The minimum absolute atomic E-state index is 0.0302. The molecule has 0 aromatic carbocycles. The van der Waals surface area contributed by atoms with Crippen LogP contribution in [0.5, 0.6) is 0 Å². The van der Waals surface area contributed by atoms with Gasteiger partial charge in [0.2, 0.25) is 0 Å². The lowest BCUT2D eigenvalue weighted by Crippen LogP contribution is -2.30. The molecule has 0 aromatic heterocycles. The number of rotatable bonds is 68. The van der Waals surface area contributed by atoms with Crippen LogP contribution >= 0.6 is 15.6 Å². The van der Waals surface area contributed by atoms with Gasteiger partial charge >= 0.3 is 39.5 Å². The van der Waals surface area contributed by atoms with Crippen molar-refractivity contribution in [3.63, 3.8) is 0 Å². The molecule has 0 saturated heterocycles. The number of aliphatic hydroxyl groups excluding tert-OH is 1. The van der Waals surface area contributed by atoms with Gasteiger partial charge in [0.05, 0.1) is 26.4 Å². The van der Waals surface area contributed by atoms with E-state index in [-0.39, 0.29) is 25.7 Å². The maximum Gasteiger partial charge on any atom is 0.472 e. The fraction of sp³-hybridized carbons (Fsp3) is 0.646. The van der Waals surface area contributed by atoms with Crippen molar-refractivity contribution in [2.75, 3.05) is 39.6 Å². The SMILES string of the molecule is CC/C=C\C/C=C\C/C=C\C/C=C\C/C=C\C/C=C\CCC(=O)OCC(COP(=O)(O)OCC(O)COP(=O)(O)OCC(COC(=O)CCC/C=C\C/C=C\C/C=C\C/C=C\C/C=C\CC)OC(=O)CCCCCCCCCCCCC)OC(=O)CCCCCCC/C=C\CCCC. The largest absolute Gasteiger partial charge is 0.472 e. The summed E-state index contributed by atoms with van der Waals surface area (Å²) in [6.07, 6.45) is 78.8. The molecule has 17 nitrogen and oxygen atoms in total. The molecule has 5 atom stereocenters. The lowest BCUT2D eigenvalue weighted by molar-refractivity contribution is -0.161. The molecule has 0 heterocycles. The number of unbranched alkanes of at least 4 members (excludes halogenated alkanes) is 18. The Bertz CT molecular complexity index is 2430. The number of aliphatic hydroxyl groups is 1. The first kappa shape index (κ1) is 92.9. The second-order valence-corrected chi connectivity index (χ2v) is 27.0. The van der Waals surface area contributed by atoms with Gasteiger partial charge in [-0.3, -0.25) is 37.3 Å². The highest BCUT2D eigenvalue weighted by atomic mass is 31.2. The number of carbonyl (C=O) groups excluding carboxylic acids is 4. The van der Waals surface area contributed by atoms with Gasteiger partial charge < -0.3 is 33.8 Å². The Hall–Kier alpha value is -5.06. The summed E-state index contributed by atoms with van der Waals surface area (Å²) in [6.45, 7) is 4.41. The lowest BCUT2D eigenvalue weighted by atomic mass is 10.1. The molecule has 0 bridgehead atoms. The Morgan fingerprint density at radius 3 is 0.949 bits per heavy atom. The van der Waals surface area contributed by atoms with E-state index in [4.69, 9.17) is 37.0 Å². The molecule has 0 spiro atoms. The van der Waals surface area contributed by atoms with Gasteiger partial charge in [0.25, 0.3) is 0 Å². The Kier molecular flexibility index (Phi) is 66.7. The predicted octanol–water partition coefficient (Wildman–Crippen LogP) is 21.1. The van der Waals surface area contributed by atoms with Crippen molar-refractivity contribution in [2.24, 2.45) is 0 Å². The molecular formula is C79H130O17P2. The quantitative estimate of drug-likeness (QED) is 0.0169. The van der Waals surface area contributed by atoms with E-state index in [9.17, 15) is 43.2 Å². The van der Waals surface area contributed by atoms with Crippen molar-refractivity contribution in [3.8, 4) is 0 Å². The molecule has 0 aliphatic carbocycles. The van der Waals surface area contributed by atoms with E-state index in [1.165, 1.54) is 51.4 Å². The van der Waals surface area contributed by atoms with Gasteiger partial charge in [-0.2, -0.15) is 0 Å². The number of hydrogen-bond donors (Lipinski definition) is 3. The van der Waals surface area contributed by atoms with E-state index in [0.717, 1.165) is 128 Å². The van der Waals surface area contributed by atoms with E-state index in [1.807, 2.05) is 30.4 Å². The van der Waals surface area contributed by atoms with Gasteiger partial charge in [-0.25, -0.2) is 9.13 Å². The van der Waals surface area contributed by atoms with E-state index in [0.29, 0.717) is 38.5 Å². The molecular weight excluding hydrogens is 1280 g/mol. The number of allylic oxidation sites excluding steroid dienone is 24. The molecule has 0 fully saturated rings. The van der Waals surface area contributed by atoms with Crippen LogP contribution in [-0.4, -0.2) is 96.7 Å². The van der Waals surface area contributed by atoms with E-state index in [2.05, 4.69) is 143 Å². The minimum Gasteiger partial charge on any atom is -0.462 e. The summed E-state index contributed by atoms with van der Waals surface area (Å²) < 4.78 is 68.2. The Labute approximate surface area is 592 Å². The molecule has 0 saturated carbocycles. The first-order valence-electron chi connectivity index (χ1n) is 37.1. The molecule has 5 unspecified atom stereocenters. The summed E-state index contributed by atoms with van der Waals surface area (Å²) in [4.78, 5) is 72.6. The average Bonchev–Trinajstić information content (AvgIpc) is 1.03. The van der Waals surface area contributed by atoms with Crippen molar-refractivity contribution in [2.45, 2.75) is 290 Å². The number of esters is 4. The van der Waals surface area contributed by atoms with Gasteiger partial charge in [0.15, 0.2) is 12.2 Å². The molecule has 98 heavy (non-hydrogen) atoms. The van der Waals surface area contributed by atoms with Crippen molar-refractivity contribution in [1.82, 2.24) is 0 Å². The minimum atomic E-state index is -4.99. The van der Waals surface area contributed by atoms with E-state index in [1.54, 1.807) is 0 Å². The second kappa shape index (κ2) is 70.4. The fourth-order valence-corrected chi connectivity index (χ4v) is 10.8. The summed E-state index contributed by atoms with van der Waals surface area (Å²) in [5.41, 5.74) is 0. The number of carbonyl (C=O) groups is 4. The van der Waals surface area contributed by atoms with Crippen LogP contribution in [0.15, 0.2) is 146 Å². The molecule has 558 valence electrons. The molecule has 0 rings (SSSR count). The van der Waals surface area contributed by atoms with Crippen LogP contribution in [0.1, 0.15) is 272 Å². The van der Waals surface area contributed by atoms with Crippen LogP contribution < -0.4 is 0 Å². The molecule has 3 N–H and O–H groups in total. The summed E-state index contributed by atoms with van der Waals surface area (Å²) in [7, 11) is -9.98. The normalized spacial score (nSPS) is 14.8. The summed E-state index contributed by atoms with van der Waals surface area (Å²) >= 11 is 0. The van der Waals surface area contributed by atoms with E-state index < -0.39 is 97.5 Å². The van der Waals surface area contributed by atoms with Crippen LogP contribution in [-0.2, 0) is 65.4 Å². The number of phosphoric ester groups is 2. The standard InChI is InChI=1S/C79H130O17P2/c1-5-9-13-17-21-25-29-31-33-35-36-38-40-42-46-48-52-56-60-64-77(82)90-70-75(96-79(84)66-62-58-54-50-44-28-24-20-16-12-8-4)72-94-98(87,88)92-68-73(80)67-91-97(85,86)93-71-74(95-78(83)65-61-57-53-49-43-27-23-19-15-11-7-3)69-89-76(81)63-59-55-51-47-45-41-39-37-34-32-30-26-22-18-14-10-6-2/h9-10,13-14,20-22,24-26,31-34,36,38-39,41-42,46-47,51-52,56,73-75,80H,5-8,11-12,15-19,23,27-30,35,37,40,43-45,48-50,53-55,57-72H2,1-4H3,(H,85,86)(H,87,88)/b13-9-,14-10-,24-20-,25-21-,26-22-,33-31-,34-32-,38-36-,41-39-,46-42-,51-47-,56-52-. The Morgan fingerprint density at radius 2 is 0.571 bits per heavy atom. The predicted molar refractivity (Wildman–Crippen MR) is 399 cm³/mol. The third-order valence-electron chi connectivity index (χ3n) is 14.8. The Morgan fingerprint density at radius 1 is 0.296 bits per heavy atom. The molecule has 0 aromatic rings. The topological polar surface area (TPSA) is 237 Å². The molecule has 0 radical (unpaired) electrons. The van der Waals surface area contributed by atoms with Gasteiger partial charge in [-0.05, 0) is 122 Å². The number of ether oxygens (including phenoxy) is 4. The van der Waals surface area contributed by atoms with Gasteiger partial charge in [-0.1, -0.05) is 270 Å². The van der Waals surface area contributed by atoms with Gasteiger partial charge in [-0.15, -0.1) is 0 Å². The van der Waals surface area contributed by atoms with Crippen molar-refractivity contribution < 1.29 is 80.2 Å². The summed E-state index contributed by atoms with van der Waals surface area (Å²) in [5, 5.41) is 10.6. The molecule has 0 aliphatic heterocycles. The van der Waals surface area contributed by atoms with Crippen LogP contribution in [0.4, 0.5) is 0 Å². The van der Waals surface area contributed by atoms with E-state index >= 15 is 0 Å². The number of phosphoric acid groups is 2. The highest BCUT2D eigenvalue weighted by molar-refractivity contribution is 7.47. The smallest absolute Gasteiger partial charge is 0.462 e. The molecule has 0 aliphatic rings. The second-order valence-electron chi connectivity index (χ2n) is 24.1. The van der Waals surface area contributed by atoms with Crippen LogP contribution in [0.25, 0.3) is 0 Å². The fourth-order valence-electron chi connectivity index (χ4n) is 9.20. The number of hydrogen-bond acceptors (Lipinski definition) is 15. The van der Waals surface area contributed by atoms with Crippen LogP contribution in [0.3, 0.4) is 0 Å². The monoisotopic (exact) mass is 1410 g/mol. The zero-order valence-corrected chi connectivity index (χ0v) is 62.4. The van der Waals surface area contributed by atoms with Crippen LogP contribution in [0.2, 0.25) is 0 Å². The summed E-state index contributed by atoms with van der Waals surface area (Å²) in [5.74, 6) is -2.36. The maximum absolute atomic E-state index is 13.0. The first-order valence-corrected chi connectivity index (χ1v) is 40.1. The molecule has 19 heteroatoms. The van der Waals surface area contributed by atoms with Crippen molar-refractivity contribution >= 4 is 39.5 Å². The molecule has 0 amide bonds. The van der Waals surface area contributed by atoms with Gasteiger partial charge in [0.1, 0.15) is 19.3 Å². The van der Waals surface area contributed by atoms with Crippen molar-refractivity contribution in [3.05, 3.63) is 146 Å². The lowest BCUT2D eigenvalue weighted by Gasteiger charge is -2.21. The van der Waals surface area contributed by atoms with Crippen molar-refractivity contribution in [1.29, 1.82) is 0 Å². The van der Waals surface area contributed by atoms with Crippen LogP contribution in [0, 0.1) is 0 Å². The summed E-state index contributed by atoms with van der Waals surface area (Å²) in [6, 6.07) is 0. The average molecular weight is 1410 g/mol. The Balaban J connectivity index is 5.41.